The molecule has 0 aliphatic carbocycles. The molecule has 0 aliphatic rings. The number of hydrogen-bond donors (Lipinski definition) is 2. The quantitative estimate of drug-likeness (QED) is 0.544. The molecule has 0 unspecified atom stereocenters. The van der Waals surface area contributed by atoms with E-state index in [4.69, 9.17) is 0 Å². The zero-order valence-corrected chi connectivity index (χ0v) is 8.82. The predicted molar refractivity (Wildman–Crippen MR) is 55.5 cm³/mol. The fraction of sp³-hybridized carbons (Fsp3) is 1.00. The lowest BCUT2D eigenvalue weighted by molar-refractivity contribution is 0.532. The molecule has 0 saturated carbocycles. The molecule has 0 fully saturated rings. The first-order valence-electron chi connectivity index (χ1n) is 5.18. The van der Waals surface area contributed by atoms with E-state index in [0.717, 1.165) is 25.6 Å². The van der Waals surface area contributed by atoms with Crippen molar-refractivity contribution in [2.45, 2.75) is 33.6 Å². The van der Waals surface area contributed by atoms with Crippen LogP contribution in [0.25, 0.3) is 0 Å². The van der Waals surface area contributed by atoms with E-state index in [1.807, 2.05) is 0 Å². The van der Waals surface area contributed by atoms with Crippen LogP contribution < -0.4 is 10.6 Å². The maximum Gasteiger partial charge on any atom is 0.00768 e. The molecule has 0 amide bonds. The van der Waals surface area contributed by atoms with Crippen LogP contribution in [-0.2, 0) is 0 Å². The van der Waals surface area contributed by atoms with Crippen LogP contribution in [0.3, 0.4) is 0 Å². The largest absolute Gasteiger partial charge is 0.315 e. The minimum atomic E-state index is 0.764. The Balaban J connectivity index is 2.82. The van der Waals surface area contributed by atoms with Gasteiger partial charge in [0.1, 0.15) is 0 Å². The molecule has 0 atom stereocenters. The maximum atomic E-state index is 3.40. The van der Waals surface area contributed by atoms with Crippen LogP contribution in [0, 0.1) is 5.92 Å². The highest BCUT2D eigenvalue weighted by atomic mass is 14.9. The van der Waals surface area contributed by atoms with Gasteiger partial charge in [0.05, 0.1) is 0 Å². The summed E-state index contributed by atoms with van der Waals surface area (Å²) in [7, 11) is 0. The van der Waals surface area contributed by atoms with E-state index in [-0.39, 0.29) is 0 Å². The van der Waals surface area contributed by atoms with Crippen LogP contribution >= 0.6 is 0 Å². The Kier molecular flexibility index (Phi) is 8.95. The Morgan fingerprint density at radius 2 is 1.67 bits per heavy atom. The van der Waals surface area contributed by atoms with Gasteiger partial charge in [-0.2, -0.15) is 0 Å². The fourth-order valence-electron chi connectivity index (χ4n) is 0.994. The molecular weight excluding hydrogens is 148 g/mol. The van der Waals surface area contributed by atoms with Crippen molar-refractivity contribution in [3.8, 4) is 0 Å². The van der Waals surface area contributed by atoms with Gasteiger partial charge in [-0.3, -0.25) is 0 Å². The van der Waals surface area contributed by atoms with E-state index >= 15 is 0 Å². The lowest BCUT2D eigenvalue weighted by atomic mass is 10.2. The van der Waals surface area contributed by atoms with Gasteiger partial charge in [0, 0.05) is 13.1 Å². The Morgan fingerprint density at radius 1 is 1.00 bits per heavy atom. The van der Waals surface area contributed by atoms with Gasteiger partial charge in [-0.15, -0.1) is 0 Å². The maximum absolute atomic E-state index is 3.40. The summed E-state index contributed by atoms with van der Waals surface area (Å²) in [6.45, 7) is 11.2. The average molecular weight is 172 g/mol. The molecule has 0 aromatic carbocycles. The molecule has 2 heteroatoms. The van der Waals surface area contributed by atoms with Gasteiger partial charge in [-0.05, 0) is 25.4 Å². The van der Waals surface area contributed by atoms with E-state index < -0.39 is 0 Å². The van der Waals surface area contributed by atoms with Gasteiger partial charge in [-0.25, -0.2) is 0 Å². The van der Waals surface area contributed by atoms with Crippen LogP contribution in [0.5, 0.6) is 0 Å². The first-order valence-corrected chi connectivity index (χ1v) is 5.18. The summed E-state index contributed by atoms with van der Waals surface area (Å²) in [4.78, 5) is 0. The van der Waals surface area contributed by atoms with Crippen molar-refractivity contribution < 1.29 is 0 Å². The molecule has 0 rings (SSSR count). The van der Waals surface area contributed by atoms with E-state index in [1.165, 1.54) is 19.4 Å². The minimum absolute atomic E-state index is 0.764. The summed E-state index contributed by atoms with van der Waals surface area (Å²) in [6.07, 6.45) is 2.58. The van der Waals surface area contributed by atoms with Gasteiger partial charge in [0.2, 0.25) is 0 Å². The number of hydrogen-bond acceptors (Lipinski definition) is 2. The van der Waals surface area contributed by atoms with Gasteiger partial charge in [0.15, 0.2) is 0 Å². The summed E-state index contributed by atoms with van der Waals surface area (Å²) in [6, 6.07) is 0. The second-order valence-corrected chi connectivity index (χ2v) is 3.70. The van der Waals surface area contributed by atoms with Crippen LogP contribution in [0.15, 0.2) is 0 Å². The topological polar surface area (TPSA) is 24.1 Å². The SMILES string of the molecule is CCCCNCCNCC(C)C. The molecule has 0 heterocycles. The molecule has 0 aromatic rings. The third-order valence-corrected chi connectivity index (χ3v) is 1.74. The lowest BCUT2D eigenvalue weighted by Gasteiger charge is -2.07. The molecule has 0 radical (unpaired) electrons. The Morgan fingerprint density at radius 3 is 2.25 bits per heavy atom. The summed E-state index contributed by atoms with van der Waals surface area (Å²) in [5, 5.41) is 6.80. The Bertz CT molecular complexity index is 81.9. The molecule has 74 valence electrons. The highest BCUT2D eigenvalue weighted by Crippen LogP contribution is 1.85. The normalized spacial score (nSPS) is 11.0. The van der Waals surface area contributed by atoms with E-state index in [1.54, 1.807) is 0 Å². The van der Waals surface area contributed by atoms with E-state index in [2.05, 4.69) is 31.4 Å². The molecule has 0 aliphatic heterocycles. The van der Waals surface area contributed by atoms with E-state index in [9.17, 15) is 0 Å². The number of unbranched alkanes of at least 4 members (excludes halogenated alkanes) is 1. The second-order valence-electron chi connectivity index (χ2n) is 3.70. The van der Waals surface area contributed by atoms with E-state index in [0.29, 0.717) is 0 Å². The zero-order chi connectivity index (χ0) is 9.23. The minimum Gasteiger partial charge on any atom is -0.315 e. The predicted octanol–water partition coefficient (Wildman–Crippen LogP) is 1.62. The van der Waals surface area contributed by atoms with Gasteiger partial charge < -0.3 is 10.6 Å². The first kappa shape index (κ1) is 11.9. The van der Waals surface area contributed by atoms with Crippen LogP contribution in [0.2, 0.25) is 0 Å². The average Bonchev–Trinajstić information content (AvgIpc) is 2.02. The molecule has 12 heavy (non-hydrogen) atoms. The number of rotatable bonds is 8. The summed E-state index contributed by atoms with van der Waals surface area (Å²) in [5.74, 6) is 0.764. The van der Waals surface area contributed by atoms with Crippen molar-refractivity contribution in [1.82, 2.24) is 10.6 Å². The van der Waals surface area contributed by atoms with Crippen molar-refractivity contribution in [1.29, 1.82) is 0 Å². The summed E-state index contributed by atoms with van der Waals surface area (Å²) >= 11 is 0. The highest BCUT2D eigenvalue weighted by Gasteiger charge is 1.91. The standard InChI is InChI=1S/C10H24N2/c1-4-5-6-11-7-8-12-9-10(2)3/h10-12H,4-9H2,1-3H3. The second kappa shape index (κ2) is 9.01. The van der Waals surface area contributed by atoms with Gasteiger partial charge in [0.25, 0.3) is 0 Å². The molecular formula is C10H24N2. The van der Waals surface area contributed by atoms with Crippen molar-refractivity contribution in [3.05, 3.63) is 0 Å². The Labute approximate surface area is 77.1 Å². The van der Waals surface area contributed by atoms with Crippen LogP contribution in [0.1, 0.15) is 33.6 Å². The molecule has 2 N–H and O–H groups in total. The van der Waals surface area contributed by atoms with Gasteiger partial charge in [-0.1, -0.05) is 27.2 Å². The molecule has 2 nitrogen and oxygen atoms in total. The molecule has 0 saturated heterocycles. The third kappa shape index (κ3) is 9.92. The lowest BCUT2D eigenvalue weighted by Crippen LogP contribution is -2.30. The third-order valence-electron chi connectivity index (χ3n) is 1.74. The first-order chi connectivity index (χ1) is 5.77. The van der Waals surface area contributed by atoms with Gasteiger partial charge >= 0.3 is 0 Å². The molecule has 0 bridgehead atoms. The van der Waals surface area contributed by atoms with Crippen molar-refractivity contribution in [2.24, 2.45) is 5.92 Å². The summed E-state index contributed by atoms with van der Waals surface area (Å²) < 4.78 is 0. The van der Waals surface area contributed by atoms with Crippen LogP contribution in [0.4, 0.5) is 0 Å². The molecule has 0 aromatic heterocycles. The van der Waals surface area contributed by atoms with Crippen LogP contribution in [-0.4, -0.2) is 26.2 Å². The monoisotopic (exact) mass is 172 g/mol. The van der Waals surface area contributed by atoms with Crippen molar-refractivity contribution >= 4 is 0 Å². The highest BCUT2D eigenvalue weighted by molar-refractivity contribution is 4.53. The zero-order valence-electron chi connectivity index (χ0n) is 8.82. The van der Waals surface area contributed by atoms with Crippen molar-refractivity contribution in [2.75, 3.05) is 26.2 Å². The molecule has 0 spiro atoms. The Hall–Kier alpha value is -0.0800. The fourth-order valence-corrected chi connectivity index (χ4v) is 0.994. The van der Waals surface area contributed by atoms with Crippen molar-refractivity contribution in [3.63, 3.8) is 0 Å². The number of nitrogens with one attached hydrogen (secondary N) is 2. The summed E-state index contributed by atoms with van der Waals surface area (Å²) in [5.41, 5.74) is 0. The smallest absolute Gasteiger partial charge is 0.00768 e.